The summed E-state index contributed by atoms with van der Waals surface area (Å²) in [6, 6.07) is 6.23. The minimum absolute atomic E-state index is 0.267. The third-order valence-corrected chi connectivity index (χ3v) is 3.05. The van der Waals surface area contributed by atoms with Gasteiger partial charge in [-0.05, 0) is 51.8 Å². The lowest BCUT2D eigenvalue weighted by Gasteiger charge is -2.14. The maximum atomic E-state index is 8.92. The summed E-state index contributed by atoms with van der Waals surface area (Å²) in [5.74, 6) is 0.791. The van der Waals surface area contributed by atoms with Gasteiger partial charge in [0.05, 0.1) is 30.0 Å². The SMILES string of the molecule is CCCNCc1ccc(OCCCC(C)(C)C#N)cn1. The predicted octanol–water partition coefficient (Wildman–Crippen LogP) is 3.29. The molecule has 0 aliphatic rings. The molecule has 4 nitrogen and oxygen atoms in total. The zero-order chi connectivity index (χ0) is 14.8. The summed E-state index contributed by atoms with van der Waals surface area (Å²) in [6.45, 7) is 8.48. The Labute approximate surface area is 122 Å². The molecule has 1 rings (SSSR count). The lowest BCUT2D eigenvalue weighted by atomic mass is 9.90. The molecule has 110 valence electrons. The second kappa shape index (κ2) is 8.55. The van der Waals surface area contributed by atoms with Crippen LogP contribution >= 0.6 is 0 Å². The zero-order valence-electron chi connectivity index (χ0n) is 12.8. The number of nitriles is 1. The summed E-state index contributed by atoms with van der Waals surface area (Å²) in [5, 5.41) is 12.2. The maximum Gasteiger partial charge on any atom is 0.137 e. The number of ether oxygens (including phenoxy) is 1. The molecule has 0 radical (unpaired) electrons. The molecule has 0 spiro atoms. The van der Waals surface area contributed by atoms with Crippen molar-refractivity contribution in [3.05, 3.63) is 24.0 Å². The Balaban J connectivity index is 2.26. The highest BCUT2D eigenvalue weighted by atomic mass is 16.5. The van der Waals surface area contributed by atoms with Gasteiger partial charge in [0.25, 0.3) is 0 Å². The monoisotopic (exact) mass is 275 g/mol. The Morgan fingerprint density at radius 1 is 1.40 bits per heavy atom. The fourth-order valence-electron chi connectivity index (χ4n) is 1.75. The number of pyridine rings is 1. The van der Waals surface area contributed by atoms with Crippen LogP contribution in [0.4, 0.5) is 0 Å². The first-order chi connectivity index (χ1) is 9.57. The highest BCUT2D eigenvalue weighted by Gasteiger charge is 2.15. The van der Waals surface area contributed by atoms with Gasteiger partial charge in [-0.2, -0.15) is 5.26 Å². The van der Waals surface area contributed by atoms with E-state index in [4.69, 9.17) is 10.00 Å². The Morgan fingerprint density at radius 2 is 2.20 bits per heavy atom. The van der Waals surface area contributed by atoms with Crippen LogP contribution in [0.3, 0.4) is 0 Å². The lowest BCUT2D eigenvalue weighted by molar-refractivity contribution is 0.283. The molecule has 0 aliphatic carbocycles. The van der Waals surface area contributed by atoms with Crippen LogP contribution in [0.1, 0.15) is 45.7 Å². The number of hydrogen-bond acceptors (Lipinski definition) is 4. The molecule has 0 atom stereocenters. The van der Waals surface area contributed by atoms with Gasteiger partial charge in [0.2, 0.25) is 0 Å². The van der Waals surface area contributed by atoms with Crippen molar-refractivity contribution >= 4 is 0 Å². The molecular weight excluding hydrogens is 250 g/mol. The van der Waals surface area contributed by atoms with Crippen molar-refractivity contribution in [3.63, 3.8) is 0 Å². The van der Waals surface area contributed by atoms with Crippen LogP contribution in [-0.4, -0.2) is 18.1 Å². The standard InChI is InChI=1S/C16H25N3O/c1-4-9-18-11-14-6-7-15(12-19-14)20-10-5-8-16(2,3)13-17/h6-7,12,18H,4-5,8-11H2,1-3H3. The Hall–Kier alpha value is -1.60. The summed E-state index contributed by atoms with van der Waals surface area (Å²) >= 11 is 0. The topological polar surface area (TPSA) is 57.9 Å². The number of nitrogens with zero attached hydrogens (tertiary/aromatic N) is 2. The Bertz CT molecular complexity index is 420. The largest absolute Gasteiger partial charge is 0.492 e. The van der Waals surface area contributed by atoms with Gasteiger partial charge >= 0.3 is 0 Å². The molecule has 0 saturated heterocycles. The van der Waals surface area contributed by atoms with Crippen molar-refractivity contribution in [1.29, 1.82) is 5.26 Å². The molecule has 0 aliphatic heterocycles. The van der Waals surface area contributed by atoms with E-state index in [1.54, 1.807) is 6.20 Å². The molecule has 1 aromatic rings. The van der Waals surface area contributed by atoms with Crippen LogP contribution in [-0.2, 0) is 6.54 Å². The van der Waals surface area contributed by atoms with Crippen molar-refractivity contribution < 1.29 is 4.74 Å². The van der Waals surface area contributed by atoms with Crippen LogP contribution in [0.15, 0.2) is 18.3 Å². The fourth-order valence-corrected chi connectivity index (χ4v) is 1.75. The predicted molar refractivity (Wildman–Crippen MR) is 80.4 cm³/mol. The van der Waals surface area contributed by atoms with E-state index in [9.17, 15) is 0 Å². The number of nitrogens with one attached hydrogen (secondary N) is 1. The quantitative estimate of drug-likeness (QED) is 0.703. The first-order valence-corrected chi connectivity index (χ1v) is 7.27. The van der Waals surface area contributed by atoms with Crippen LogP contribution in [0.2, 0.25) is 0 Å². The summed E-state index contributed by atoms with van der Waals surface area (Å²) < 4.78 is 5.63. The van der Waals surface area contributed by atoms with Gasteiger partial charge in [-0.15, -0.1) is 0 Å². The zero-order valence-corrected chi connectivity index (χ0v) is 12.8. The van der Waals surface area contributed by atoms with Gasteiger partial charge in [-0.1, -0.05) is 6.92 Å². The molecular formula is C16H25N3O. The minimum Gasteiger partial charge on any atom is -0.492 e. The normalized spacial score (nSPS) is 11.1. The maximum absolute atomic E-state index is 8.92. The third kappa shape index (κ3) is 6.53. The van der Waals surface area contributed by atoms with Gasteiger partial charge in [-0.25, -0.2) is 0 Å². The summed E-state index contributed by atoms with van der Waals surface area (Å²) in [4.78, 5) is 4.35. The summed E-state index contributed by atoms with van der Waals surface area (Å²) in [5.41, 5.74) is 0.757. The molecule has 0 aromatic carbocycles. The Morgan fingerprint density at radius 3 is 2.80 bits per heavy atom. The van der Waals surface area contributed by atoms with E-state index in [0.717, 1.165) is 43.8 Å². The van der Waals surface area contributed by atoms with E-state index in [1.807, 2.05) is 26.0 Å². The number of rotatable bonds is 9. The fraction of sp³-hybridized carbons (Fsp3) is 0.625. The third-order valence-electron chi connectivity index (χ3n) is 3.05. The molecule has 0 unspecified atom stereocenters. The summed E-state index contributed by atoms with van der Waals surface area (Å²) in [6.07, 6.45) is 4.61. The minimum atomic E-state index is -0.267. The number of aromatic nitrogens is 1. The molecule has 0 fully saturated rings. The first-order valence-electron chi connectivity index (χ1n) is 7.27. The molecule has 0 saturated carbocycles. The van der Waals surface area contributed by atoms with Crippen molar-refractivity contribution in [1.82, 2.24) is 10.3 Å². The van der Waals surface area contributed by atoms with Gasteiger partial charge in [0.1, 0.15) is 5.75 Å². The van der Waals surface area contributed by atoms with Crippen LogP contribution in [0.5, 0.6) is 5.75 Å². The van der Waals surface area contributed by atoms with E-state index in [-0.39, 0.29) is 5.41 Å². The van der Waals surface area contributed by atoms with Crippen molar-refractivity contribution in [2.45, 2.75) is 46.6 Å². The Kier molecular flexibility index (Phi) is 7.03. The molecule has 20 heavy (non-hydrogen) atoms. The molecule has 1 aromatic heterocycles. The van der Waals surface area contributed by atoms with Gasteiger partial charge in [0.15, 0.2) is 0 Å². The van der Waals surface area contributed by atoms with Crippen LogP contribution in [0.25, 0.3) is 0 Å². The molecule has 0 amide bonds. The smallest absolute Gasteiger partial charge is 0.137 e. The lowest BCUT2D eigenvalue weighted by Crippen LogP contribution is -2.14. The second-order valence-electron chi connectivity index (χ2n) is 5.61. The molecule has 4 heteroatoms. The van der Waals surface area contributed by atoms with Crippen LogP contribution < -0.4 is 10.1 Å². The van der Waals surface area contributed by atoms with Crippen molar-refractivity contribution in [2.24, 2.45) is 5.41 Å². The highest BCUT2D eigenvalue weighted by molar-refractivity contribution is 5.19. The van der Waals surface area contributed by atoms with Crippen LogP contribution in [0, 0.1) is 16.7 Å². The average molecular weight is 275 g/mol. The van der Waals surface area contributed by atoms with E-state index in [1.165, 1.54) is 0 Å². The first kappa shape index (κ1) is 16.5. The van der Waals surface area contributed by atoms with Crippen molar-refractivity contribution in [2.75, 3.05) is 13.2 Å². The average Bonchev–Trinajstić information content (AvgIpc) is 2.45. The molecule has 1 heterocycles. The molecule has 1 N–H and O–H groups in total. The van der Waals surface area contributed by atoms with E-state index < -0.39 is 0 Å². The number of hydrogen-bond donors (Lipinski definition) is 1. The highest BCUT2D eigenvalue weighted by Crippen LogP contribution is 2.20. The molecule has 0 bridgehead atoms. The van der Waals surface area contributed by atoms with E-state index in [0.29, 0.717) is 6.61 Å². The van der Waals surface area contributed by atoms with E-state index >= 15 is 0 Å². The van der Waals surface area contributed by atoms with Crippen molar-refractivity contribution in [3.8, 4) is 11.8 Å². The van der Waals surface area contributed by atoms with E-state index in [2.05, 4.69) is 23.3 Å². The van der Waals surface area contributed by atoms with Gasteiger partial charge in [0, 0.05) is 6.54 Å². The van der Waals surface area contributed by atoms with Gasteiger partial charge in [-0.3, -0.25) is 4.98 Å². The second-order valence-corrected chi connectivity index (χ2v) is 5.61. The van der Waals surface area contributed by atoms with Gasteiger partial charge < -0.3 is 10.1 Å². The summed E-state index contributed by atoms with van der Waals surface area (Å²) in [7, 11) is 0.